The van der Waals surface area contributed by atoms with Gasteiger partial charge in [-0.15, -0.1) is 0 Å². The fourth-order valence-corrected chi connectivity index (χ4v) is 2.37. The quantitative estimate of drug-likeness (QED) is 0.458. The molecule has 0 aliphatic carbocycles. The zero-order valence-corrected chi connectivity index (χ0v) is 14.0. The molecule has 7 nitrogen and oxygen atoms in total. The lowest BCUT2D eigenvalue weighted by Gasteiger charge is -2.38. The van der Waals surface area contributed by atoms with Crippen LogP contribution in [-0.4, -0.2) is 64.0 Å². The molecule has 1 fully saturated rings. The third-order valence-electron chi connectivity index (χ3n) is 3.99. The van der Waals surface area contributed by atoms with E-state index in [1.54, 1.807) is 0 Å². The van der Waals surface area contributed by atoms with Crippen molar-refractivity contribution in [3.63, 3.8) is 0 Å². The summed E-state index contributed by atoms with van der Waals surface area (Å²) in [4.78, 5) is 5.06. The zero-order chi connectivity index (χ0) is 17.9. The van der Waals surface area contributed by atoms with Crippen molar-refractivity contribution in [1.82, 2.24) is 0 Å². The second-order valence-electron chi connectivity index (χ2n) is 6.91. The number of hydrogen-bond donors (Lipinski definition) is 4. The molecular weight excluding hydrogens is 314 g/mol. The molecule has 0 radical (unpaired) electrons. The monoisotopic (exact) mass is 339 g/mol. The lowest BCUT2D eigenvalue weighted by Crippen LogP contribution is -2.58. The van der Waals surface area contributed by atoms with Gasteiger partial charge in [-0.1, -0.05) is 50.2 Å². The van der Waals surface area contributed by atoms with E-state index in [2.05, 4.69) is 25.9 Å². The highest BCUT2D eigenvalue weighted by Crippen LogP contribution is 2.23. The molecule has 0 aromatic heterocycles. The Kier molecular flexibility index (Phi) is 5.95. The maximum absolute atomic E-state index is 9.83. The molecule has 0 bridgehead atoms. The van der Waals surface area contributed by atoms with Crippen molar-refractivity contribution in [2.45, 2.75) is 56.9 Å². The van der Waals surface area contributed by atoms with E-state index >= 15 is 0 Å². The van der Waals surface area contributed by atoms with Gasteiger partial charge in [0.05, 0.1) is 12.8 Å². The number of ether oxygens (including phenoxy) is 1. The summed E-state index contributed by atoms with van der Waals surface area (Å²) in [5.41, 5.74) is 2.05. The Hall–Kier alpha value is -1.51. The molecule has 1 aromatic rings. The third kappa shape index (κ3) is 4.31. The summed E-state index contributed by atoms with van der Waals surface area (Å²) in [5.74, 6) is 0. The van der Waals surface area contributed by atoms with Gasteiger partial charge in [0.1, 0.15) is 24.4 Å². The minimum atomic E-state index is -1.48. The summed E-state index contributed by atoms with van der Waals surface area (Å²) in [6.45, 7) is 5.86. The normalized spacial score (nSPS) is 31.4. The van der Waals surface area contributed by atoms with Gasteiger partial charge in [0.15, 0.2) is 0 Å². The van der Waals surface area contributed by atoms with E-state index in [4.69, 9.17) is 14.7 Å². The molecular formula is C17H25NO6. The van der Waals surface area contributed by atoms with Crippen LogP contribution in [0, 0.1) is 0 Å². The van der Waals surface area contributed by atoms with Gasteiger partial charge >= 0.3 is 0 Å². The number of rotatable bonds is 4. The molecule has 0 saturated carbocycles. The van der Waals surface area contributed by atoms with Crippen LogP contribution in [0.15, 0.2) is 29.4 Å². The Morgan fingerprint density at radius 3 is 2.25 bits per heavy atom. The van der Waals surface area contributed by atoms with Crippen molar-refractivity contribution in [3.05, 3.63) is 35.4 Å². The Morgan fingerprint density at radius 1 is 1.08 bits per heavy atom. The first-order valence-electron chi connectivity index (χ1n) is 7.84. The molecule has 1 heterocycles. The molecule has 24 heavy (non-hydrogen) atoms. The molecule has 0 spiro atoms. The molecule has 4 N–H and O–H groups in total. The second kappa shape index (κ2) is 7.58. The molecule has 3 unspecified atom stereocenters. The second-order valence-corrected chi connectivity index (χ2v) is 6.91. The number of hydrogen-bond acceptors (Lipinski definition) is 7. The topological polar surface area (TPSA) is 112 Å². The maximum atomic E-state index is 9.83. The van der Waals surface area contributed by atoms with E-state index in [0.29, 0.717) is 0 Å². The molecule has 1 saturated heterocycles. The standard InChI is InChI=1S/C17H25NO6/c1-17(2,3)11-6-4-10(5-7-11)8-18-24-16-15(22)14(21)13(20)12(9-19)23-16/h4-8,12-16,19-22H,9H2,1-3H3/b18-8+/t12?,13?,14-,15?,16-/m0/s1. The van der Waals surface area contributed by atoms with Crippen LogP contribution in [0.4, 0.5) is 0 Å². The molecule has 0 amide bonds. The van der Waals surface area contributed by atoms with E-state index in [1.165, 1.54) is 11.8 Å². The molecule has 1 aliphatic rings. The highest BCUT2D eigenvalue weighted by atomic mass is 16.8. The van der Waals surface area contributed by atoms with Gasteiger partial charge in [-0.25, -0.2) is 0 Å². The number of benzene rings is 1. The molecule has 2 rings (SSSR count). The van der Waals surface area contributed by atoms with Crippen LogP contribution in [0.5, 0.6) is 0 Å². The Labute approximate surface area is 141 Å². The lowest BCUT2D eigenvalue weighted by molar-refractivity contribution is -0.301. The molecule has 7 heteroatoms. The highest BCUT2D eigenvalue weighted by Gasteiger charge is 2.44. The fraction of sp³-hybridized carbons (Fsp3) is 0.588. The molecule has 134 valence electrons. The highest BCUT2D eigenvalue weighted by molar-refractivity contribution is 5.79. The number of nitrogens with zero attached hydrogens (tertiary/aromatic N) is 1. The van der Waals surface area contributed by atoms with Crippen molar-refractivity contribution in [2.75, 3.05) is 6.61 Å². The van der Waals surface area contributed by atoms with Crippen LogP contribution in [0.25, 0.3) is 0 Å². The largest absolute Gasteiger partial charge is 0.394 e. The van der Waals surface area contributed by atoms with Gasteiger partial charge in [0.25, 0.3) is 6.29 Å². The minimum absolute atomic E-state index is 0.0580. The van der Waals surface area contributed by atoms with E-state index in [9.17, 15) is 15.3 Å². The van der Waals surface area contributed by atoms with Crippen LogP contribution in [0.3, 0.4) is 0 Å². The lowest BCUT2D eigenvalue weighted by atomic mass is 9.87. The number of oxime groups is 1. The van der Waals surface area contributed by atoms with Crippen molar-refractivity contribution >= 4 is 6.21 Å². The van der Waals surface area contributed by atoms with Gasteiger partial charge in [-0.3, -0.25) is 0 Å². The number of aliphatic hydroxyl groups excluding tert-OH is 4. The predicted octanol–water partition coefficient (Wildman–Crippen LogP) is 0.134. The summed E-state index contributed by atoms with van der Waals surface area (Å²) in [7, 11) is 0. The molecule has 1 aliphatic heterocycles. The van der Waals surface area contributed by atoms with E-state index in [0.717, 1.165) is 5.56 Å². The minimum Gasteiger partial charge on any atom is -0.394 e. The predicted molar refractivity (Wildman–Crippen MR) is 87.6 cm³/mol. The van der Waals surface area contributed by atoms with Gasteiger partial charge in [0.2, 0.25) is 0 Å². The first-order chi connectivity index (χ1) is 11.2. The van der Waals surface area contributed by atoms with Crippen LogP contribution in [-0.2, 0) is 15.0 Å². The van der Waals surface area contributed by atoms with Gasteiger partial charge in [-0.05, 0) is 16.5 Å². The summed E-state index contributed by atoms with van der Waals surface area (Å²) < 4.78 is 5.19. The molecule has 1 aromatic carbocycles. The first kappa shape index (κ1) is 18.8. The SMILES string of the molecule is CC(C)(C)c1ccc(/C=N/O[C@@H]2OC(CO)C(O)[C@H](O)C2O)cc1. The van der Waals surface area contributed by atoms with Crippen LogP contribution < -0.4 is 0 Å². The van der Waals surface area contributed by atoms with E-state index < -0.39 is 37.3 Å². The number of aliphatic hydroxyl groups is 4. The van der Waals surface area contributed by atoms with Crippen molar-refractivity contribution in [1.29, 1.82) is 0 Å². The van der Waals surface area contributed by atoms with E-state index in [-0.39, 0.29) is 5.41 Å². The fourth-order valence-electron chi connectivity index (χ4n) is 2.37. The van der Waals surface area contributed by atoms with Crippen LogP contribution in [0.2, 0.25) is 0 Å². The maximum Gasteiger partial charge on any atom is 0.256 e. The Balaban J connectivity index is 1.98. The van der Waals surface area contributed by atoms with Crippen molar-refractivity contribution in [2.24, 2.45) is 5.16 Å². The smallest absolute Gasteiger partial charge is 0.256 e. The van der Waals surface area contributed by atoms with Gasteiger partial charge < -0.3 is 30.0 Å². The van der Waals surface area contributed by atoms with E-state index in [1.807, 2.05) is 24.3 Å². The third-order valence-corrected chi connectivity index (χ3v) is 3.99. The summed E-state index contributed by atoms with van der Waals surface area (Å²) >= 11 is 0. The average molecular weight is 339 g/mol. The Bertz CT molecular complexity index is 551. The molecule has 5 atom stereocenters. The first-order valence-corrected chi connectivity index (χ1v) is 7.84. The summed E-state index contributed by atoms with van der Waals surface area (Å²) in [6, 6.07) is 7.77. The van der Waals surface area contributed by atoms with Crippen molar-refractivity contribution < 1.29 is 30.0 Å². The van der Waals surface area contributed by atoms with Crippen LogP contribution >= 0.6 is 0 Å². The summed E-state index contributed by atoms with van der Waals surface area (Å²) in [5, 5.41) is 42.0. The Morgan fingerprint density at radius 2 is 1.71 bits per heavy atom. The van der Waals surface area contributed by atoms with Crippen LogP contribution in [0.1, 0.15) is 31.9 Å². The average Bonchev–Trinajstić information content (AvgIpc) is 2.54. The van der Waals surface area contributed by atoms with Gasteiger partial charge in [-0.2, -0.15) is 0 Å². The zero-order valence-electron chi connectivity index (χ0n) is 14.0. The summed E-state index contributed by atoms with van der Waals surface area (Å²) in [6.07, 6.45) is -5.21. The van der Waals surface area contributed by atoms with Gasteiger partial charge in [0, 0.05) is 0 Å². The van der Waals surface area contributed by atoms with Crippen molar-refractivity contribution in [3.8, 4) is 0 Å².